The third-order valence-electron chi connectivity index (χ3n) is 4.62. The van der Waals surface area contributed by atoms with Crippen LogP contribution in [0.15, 0.2) is 18.2 Å². The van der Waals surface area contributed by atoms with E-state index < -0.39 is 0 Å². The summed E-state index contributed by atoms with van der Waals surface area (Å²) in [6, 6.07) is 5.72. The molecule has 0 saturated carbocycles. The topological polar surface area (TPSA) is 68.2 Å². The van der Waals surface area contributed by atoms with E-state index >= 15 is 0 Å². The number of nitrogens with one attached hydrogen (secondary N) is 2. The molecular weight excluding hydrogens is 363 g/mol. The van der Waals surface area contributed by atoms with Gasteiger partial charge in [0.1, 0.15) is 11.9 Å². The summed E-state index contributed by atoms with van der Waals surface area (Å²) in [6.07, 6.45) is 4.74. The Hall–Kier alpha value is -1.34. The molecule has 4 rings (SSSR count). The SMILES string of the molecule is Cl.Cl.O=C(Nc1ccc2c(c1)nc1n2CCCCC1)C1COCCN1. The molecule has 1 atom stereocenters. The average molecular weight is 387 g/mol. The monoisotopic (exact) mass is 386 g/mol. The van der Waals surface area contributed by atoms with Gasteiger partial charge in [-0.1, -0.05) is 6.42 Å². The Labute approximate surface area is 159 Å². The third-order valence-corrected chi connectivity index (χ3v) is 4.62. The van der Waals surface area contributed by atoms with Gasteiger partial charge in [0.25, 0.3) is 0 Å². The maximum atomic E-state index is 12.3. The molecule has 0 aliphatic carbocycles. The number of nitrogens with zero attached hydrogens (tertiary/aromatic N) is 2. The maximum absolute atomic E-state index is 12.3. The fraction of sp³-hybridized carbons (Fsp3) is 0.529. The van der Waals surface area contributed by atoms with Gasteiger partial charge in [-0.25, -0.2) is 4.98 Å². The second-order valence-corrected chi connectivity index (χ2v) is 6.26. The van der Waals surface area contributed by atoms with E-state index in [4.69, 9.17) is 9.72 Å². The molecule has 138 valence electrons. The summed E-state index contributed by atoms with van der Waals surface area (Å²) < 4.78 is 7.66. The number of morpholine rings is 1. The normalized spacial score (nSPS) is 19.9. The van der Waals surface area contributed by atoms with Crippen molar-refractivity contribution in [3.63, 3.8) is 0 Å². The zero-order chi connectivity index (χ0) is 15.6. The summed E-state index contributed by atoms with van der Waals surface area (Å²) in [5, 5.41) is 6.13. The quantitative estimate of drug-likeness (QED) is 0.831. The number of hydrogen-bond acceptors (Lipinski definition) is 4. The molecule has 0 spiro atoms. The number of halogens is 2. The lowest BCUT2D eigenvalue weighted by Gasteiger charge is -2.22. The summed E-state index contributed by atoms with van der Waals surface area (Å²) in [5.41, 5.74) is 2.93. The molecule has 1 aromatic heterocycles. The zero-order valence-electron chi connectivity index (χ0n) is 14.0. The summed E-state index contributed by atoms with van der Waals surface area (Å²) in [5.74, 6) is 1.12. The van der Waals surface area contributed by atoms with Crippen molar-refractivity contribution in [2.45, 2.75) is 38.3 Å². The molecule has 2 aliphatic heterocycles. The molecule has 8 heteroatoms. The minimum Gasteiger partial charge on any atom is -0.378 e. The van der Waals surface area contributed by atoms with Crippen molar-refractivity contribution in [3.05, 3.63) is 24.0 Å². The standard InChI is InChI=1S/C17H22N4O2.2ClH/c22-17(14-11-23-9-7-18-14)19-12-5-6-15-13(10-12)20-16-4-2-1-3-8-21(15)16;;/h5-6,10,14,18H,1-4,7-9,11H2,(H,19,22);2*1H. The molecule has 2 N–H and O–H groups in total. The molecule has 3 heterocycles. The molecule has 2 aliphatic rings. The van der Waals surface area contributed by atoms with Crippen LogP contribution in [0.4, 0.5) is 5.69 Å². The van der Waals surface area contributed by atoms with Crippen LogP contribution in [0.3, 0.4) is 0 Å². The molecule has 1 unspecified atom stereocenters. The number of fused-ring (bicyclic) bond motifs is 3. The van der Waals surface area contributed by atoms with Crippen LogP contribution in [-0.2, 0) is 22.5 Å². The number of ether oxygens (including phenoxy) is 1. The van der Waals surface area contributed by atoms with Crippen LogP contribution in [-0.4, -0.2) is 41.3 Å². The number of anilines is 1. The van der Waals surface area contributed by atoms with Crippen LogP contribution >= 0.6 is 24.8 Å². The highest BCUT2D eigenvalue weighted by atomic mass is 35.5. The molecular formula is C17H24Cl2N4O2. The Balaban J connectivity index is 0.00000113. The van der Waals surface area contributed by atoms with E-state index in [0.29, 0.717) is 19.8 Å². The Morgan fingerprint density at radius 3 is 2.96 bits per heavy atom. The minimum atomic E-state index is -0.279. The largest absolute Gasteiger partial charge is 0.378 e. The first-order valence-corrected chi connectivity index (χ1v) is 8.42. The molecule has 6 nitrogen and oxygen atoms in total. The van der Waals surface area contributed by atoms with E-state index in [9.17, 15) is 4.79 Å². The number of hydrogen-bond donors (Lipinski definition) is 2. The molecule has 1 saturated heterocycles. The van der Waals surface area contributed by atoms with Crippen molar-refractivity contribution in [2.24, 2.45) is 0 Å². The molecule has 1 fully saturated rings. The van der Waals surface area contributed by atoms with Gasteiger partial charge in [0, 0.05) is 25.2 Å². The van der Waals surface area contributed by atoms with E-state index in [1.54, 1.807) is 0 Å². The first kappa shape index (κ1) is 20.0. The number of aryl methyl sites for hydroxylation is 2. The van der Waals surface area contributed by atoms with E-state index in [2.05, 4.69) is 21.3 Å². The van der Waals surface area contributed by atoms with Gasteiger partial charge in [0.05, 0.1) is 24.2 Å². The highest BCUT2D eigenvalue weighted by Gasteiger charge is 2.21. The van der Waals surface area contributed by atoms with Gasteiger partial charge in [0.15, 0.2) is 0 Å². The van der Waals surface area contributed by atoms with Crippen molar-refractivity contribution < 1.29 is 9.53 Å². The Bertz CT molecular complexity index is 729. The average Bonchev–Trinajstić information content (AvgIpc) is 2.76. The Morgan fingerprint density at radius 2 is 2.16 bits per heavy atom. The van der Waals surface area contributed by atoms with Crippen molar-refractivity contribution in [1.29, 1.82) is 0 Å². The van der Waals surface area contributed by atoms with Crippen molar-refractivity contribution >= 4 is 47.4 Å². The number of imidazole rings is 1. The lowest BCUT2D eigenvalue weighted by molar-refractivity contribution is -0.120. The first-order valence-electron chi connectivity index (χ1n) is 8.42. The van der Waals surface area contributed by atoms with Crippen molar-refractivity contribution in [1.82, 2.24) is 14.9 Å². The van der Waals surface area contributed by atoms with Gasteiger partial charge < -0.3 is 19.9 Å². The highest BCUT2D eigenvalue weighted by Crippen LogP contribution is 2.24. The predicted molar refractivity (Wildman–Crippen MR) is 103 cm³/mol. The van der Waals surface area contributed by atoms with Gasteiger partial charge in [-0.05, 0) is 31.0 Å². The lowest BCUT2D eigenvalue weighted by Crippen LogP contribution is -2.48. The smallest absolute Gasteiger partial charge is 0.243 e. The summed E-state index contributed by atoms with van der Waals surface area (Å²) in [7, 11) is 0. The molecule has 2 aromatic rings. The molecule has 1 amide bonds. The molecule has 0 bridgehead atoms. The molecule has 25 heavy (non-hydrogen) atoms. The van der Waals surface area contributed by atoms with Gasteiger partial charge in [-0.2, -0.15) is 0 Å². The predicted octanol–water partition coefficient (Wildman–Crippen LogP) is 2.53. The fourth-order valence-electron chi connectivity index (χ4n) is 3.39. The van der Waals surface area contributed by atoms with Crippen LogP contribution in [0.5, 0.6) is 0 Å². The number of amides is 1. The summed E-state index contributed by atoms with van der Waals surface area (Å²) in [6.45, 7) is 2.84. The second kappa shape index (κ2) is 8.85. The van der Waals surface area contributed by atoms with Crippen molar-refractivity contribution in [3.8, 4) is 0 Å². The second-order valence-electron chi connectivity index (χ2n) is 6.26. The zero-order valence-corrected chi connectivity index (χ0v) is 15.6. The number of carbonyl (C=O) groups excluding carboxylic acids is 1. The fourth-order valence-corrected chi connectivity index (χ4v) is 3.39. The summed E-state index contributed by atoms with van der Waals surface area (Å²) >= 11 is 0. The summed E-state index contributed by atoms with van der Waals surface area (Å²) in [4.78, 5) is 17.0. The first-order chi connectivity index (χ1) is 11.3. The molecule has 0 radical (unpaired) electrons. The number of benzene rings is 1. The minimum absolute atomic E-state index is 0. The van der Waals surface area contributed by atoms with Gasteiger partial charge in [-0.3, -0.25) is 4.79 Å². The number of carbonyl (C=O) groups is 1. The van der Waals surface area contributed by atoms with E-state index in [0.717, 1.165) is 24.2 Å². The Morgan fingerprint density at radius 1 is 1.28 bits per heavy atom. The highest BCUT2D eigenvalue weighted by molar-refractivity contribution is 5.96. The number of rotatable bonds is 2. The Kier molecular flexibility index (Phi) is 7.07. The third kappa shape index (κ3) is 4.26. The van der Waals surface area contributed by atoms with Crippen LogP contribution in [0.25, 0.3) is 11.0 Å². The number of aromatic nitrogens is 2. The van der Waals surface area contributed by atoms with Crippen molar-refractivity contribution in [2.75, 3.05) is 25.1 Å². The van der Waals surface area contributed by atoms with Gasteiger partial charge >= 0.3 is 0 Å². The maximum Gasteiger partial charge on any atom is 0.243 e. The van der Waals surface area contributed by atoms with Crippen LogP contribution in [0, 0.1) is 0 Å². The van der Waals surface area contributed by atoms with Crippen LogP contribution < -0.4 is 10.6 Å². The van der Waals surface area contributed by atoms with Crippen LogP contribution in [0.2, 0.25) is 0 Å². The van der Waals surface area contributed by atoms with Gasteiger partial charge in [0.2, 0.25) is 5.91 Å². The van der Waals surface area contributed by atoms with E-state index in [1.807, 2.05) is 12.1 Å². The molecule has 1 aromatic carbocycles. The van der Waals surface area contributed by atoms with Crippen LogP contribution in [0.1, 0.15) is 25.1 Å². The van der Waals surface area contributed by atoms with E-state index in [1.165, 1.54) is 30.6 Å². The van der Waals surface area contributed by atoms with E-state index in [-0.39, 0.29) is 36.8 Å². The van der Waals surface area contributed by atoms with Gasteiger partial charge in [-0.15, -0.1) is 24.8 Å². The lowest BCUT2D eigenvalue weighted by atomic mass is 10.2.